The molecular formula is C6H12S5Sn. The molecule has 6 heteroatoms. The third kappa shape index (κ3) is 3.02. The van der Waals surface area contributed by atoms with E-state index in [0.29, 0.717) is 0 Å². The normalized spacial score (nSPS) is 30.0. The van der Waals surface area contributed by atoms with Crippen molar-refractivity contribution in [2.24, 2.45) is 0 Å². The van der Waals surface area contributed by atoms with Gasteiger partial charge in [-0.2, -0.15) is 0 Å². The van der Waals surface area contributed by atoms with Gasteiger partial charge in [0.15, 0.2) is 0 Å². The fourth-order valence-corrected chi connectivity index (χ4v) is 56.7. The van der Waals surface area contributed by atoms with E-state index < -0.39 is 12.8 Å². The summed E-state index contributed by atoms with van der Waals surface area (Å²) < 4.78 is 0. The molecule has 0 aromatic carbocycles. The summed E-state index contributed by atoms with van der Waals surface area (Å²) in [7, 11) is 9.53. The Morgan fingerprint density at radius 1 is 0.583 bits per heavy atom. The van der Waals surface area contributed by atoms with E-state index in [9.17, 15) is 0 Å². The molecule has 0 nitrogen and oxygen atoms in total. The van der Waals surface area contributed by atoms with Gasteiger partial charge in [0, 0.05) is 0 Å². The molecule has 2 fully saturated rings. The van der Waals surface area contributed by atoms with Crippen molar-refractivity contribution >= 4 is 60.4 Å². The van der Waals surface area contributed by atoms with Crippen LogP contribution in [-0.4, -0.2) is 47.4 Å². The first-order chi connectivity index (χ1) is 5.91. The van der Waals surface area contributed by atoms with Crippen molar-refractivity contribution in [2.45, 2.75) is 0 Å². The molecule has 0 aromatic rings. The molecule has 2 heterocycles. The average Bonchev–Trinajstić information content (AvgIpc) is 2.47. The third-order valence-corrected chi connectivity index (χ3v) is 54.0. The Balaban J connectivity index is 1.92. The van der Waals surface area contributed by atoms with Crippen LogP contribution in [0.25, 0.3) is 0 Å². The zero-order valence-corrected chi connectivity index (χ0v) is 13.7. The molecule has 0 aliphatic carbocycles. The van der Waals surface area contributed by atoms with Gasteiger partial charge in [-0.25, -0.2) is 0 Å². The maximum atomic E-state index is 2.39. The number of hydrogen-bond donors (Lipinski definition) is 0. The molecule has 2 aliphatic rings. The van der Waals surface area contributed by atoms with Gasteiger partial charge in [0.05, 0.1) is 0 Å². The quantitative estimate of drug-likeness (QED) is 0.605. The standard InChI is InChI=1S/C4H10S3.C2H6S2.Sn/c5-1-3-7-4-2-6;3-1-2-4;/h5-6H,1-4H2;3-4H,1-2H2;/q;;+4/p-4. The fraction of sp³-hybridized carbons (Fsp3) is 1.00. The number of thioether (sulfide) groups is 1. The van der Waals surface area contributed by atoms with Crippen molar-refractivity contribution in [3.8, 4) is 0 Å². The minimum absolute atomic E-state index is 1.41. The van der Waals surface area contributed by atoms with Crippen LogP contribution in [0.3, 0.4) is 0 Å². The Morgan fingerprint density at radius 2 is 1.00 bits per heavy atom. The van der Waals surface area contributed by atoms with E-state index in [1.807, 2.05) is 0 Å². The summed E-state index contributed by atoms with van der Waals surface area (Å²) in [6.07, 6.45) is 0. The Morgan fingerprint density at radius 3 is 1.50 bits per heavy atom. The number of hydrogen-bond acceptors (Lipinski definition) is 5. The molecule has 0 radical (unpaired) electrons. The van der Waals surface area contributed by atoms with Crippen LogP contribution in [0.15, 0.2) is 0 Å². The van der Waals surface area contributed by atoms with Gasteiger partial charge >= 0.3 is 94.9 Å². The summed E-state index contributed by atoms with van der Waals surface area (Å²) in [5, 5.41) is 0. The second kappa shape index (κ2) is 5.58. The molecule has 0 bridgehead atoms. The van der Waals surface area contributed by atoms with E-state index in [1.54, 1.807) is 0 Å². The second-order valence-electron chi connectivity index (χ2n) is 2.51. The van der Waals surface area contributed by atoms with Gasteiger partial charge in [-0.05, 0) is 0 Å². The Bertz CT molecular complexity index is 137. The third-order valence-electron chi connectivity index (χ3n) is 1.65. The Hall–Kier alpha value is 2.55. The second-order valence-corrected chi connectivity index (χ2v) is 46.1. The van der Waals surface area contributed by atoms with Crippen molar-refractivity contribution in [1.29, 1.82) is 0 Å². The van der Waals surface area contributed by atoms with Gasteiger partial charge in [-0.15, -0.1) is 0 Å². The fourth-order valence-electron chi connectivity index (χ4n) is 1.14. The molecule has 70 valence electrons. The number of rotatable bonds is 0. The first kappa shape index (κ1) is 11.0. The molecule has 0 amide bonds. The van der Waals surface area contributed by atoms with E-state index in [1.165, 1.54) is 34.5 Å². The van der Waals surface area contributed by atoms with Gasteiger partial charge in [-0.1, -0.05) is 0 Å². The predicted octanol–water partition coefficient (Wildman–Crippen LogP) is 3.12. The average molecular weight is 363 g/mol. The molecular weight excluding hydrogens is 351 g/mol. The van der Waals surface area contributed by atoms with Crippen LogP contribution >= 0.6 is 47.5 Å². The van der Waals surface area contributed by atoms with E-state index >= 15 is 0 Å². The summed E-state index contributed by atoms with van der Waals surface area (Å²) in [6.45, 7) is 0. The predicted molar refractivity (Wildman–Crippen MR) is 72.9 cm³/mol. The van der Waals surface area contributed by atoms with Gasteiger partial charge in [0.2, 0.25) is 0 Å². The molecule has 0 N–H and O–H groups in total. The molecule has 0 unspecified atom stereocenters. The van der Waals surface area contributed by atoms with E-state index in [-0.39, 0.29) is 0 Å². The van der Waals surface area contributed by atoms with Crippen LogP contribution in [0.2, 0.25) is 0 Å². The van der Waals surface area contributed by atoms with Crippen molar-refractivity contribution in [3.05, 3.63) is 0 Å². The SMILES string of the molecule is C1C[S][Sn]2([S]CCS1)[S]CC[S]2. The molecule has 1 spiro atoms. The first-order valence-corrected chi connectivity index (χ1v) is 23.1. The monoisotopic (exact) mass is 364 g/mol. The molecule has 12 heavy (non-hydrogen) atoms. The van der Waals surface area contributed by atoms with Crippen LogP contribution in [-0.2, 0) is 0 Å². The van der Waals surface area contributed by atoms with Crippen LogP contribution in [0, 0.1) is 0 Å². The van der Waals surface area contributed by atoms with Gasteiger partial charge in [-0.3, -0.25) is 0 Å². The topological polar surface area (TPSA) is 0 Å². The molecule has 2 aliphatic heterocycles. The Labute approximate surface area is 93.6 Å². The van der Waals surface area contributed by atoms with Gasteiger partial charge < -0.3 is 0 Å². The molecule has 2 saturated heterocycles. The van der Waals surface area contributed by atoms with Crippen LogP contribution in [0.1, 0.15) is 0 Å². The molecule has 0 saturated carbocycles. The van der Waals surface area contributed by atoms with Crippen LogP contribution in [0.4, 0.5) is 0 Å². The van der Waals surface area contributed by atoms with Crippen LogP contribution < -0.4 is 0 Å². The molecule has 2 rings (SSSR count). The minimum atomic E-state index is -1.69. The van der Waals surface area contributed by atoms with Crippen molar-refractivity contribution in [1.82, 2.24) is 0 Å². The molecule has 0 aromatic heterocycles. The van der Waals surface area contributed by atoms with Crippen molar-refractivity contribution in [2.75, 3.05) is 34.5 Å². The first-order valence-electron chi connectivity index (χ1n) is 4.05. The van der Waals surface area contributed by atoms with Crippen molar-refractivity contribution in [3.63, 3.8) is 0 Å². The summed E-state index contributed by atoms with van der Waals surface area (Å²) in [5.74, 6) is 8.60. The zero-order chi connectivity index (χ0) is 8.28. The van der Waals surface area contributed by atoms with E-state index in [0.717, 1.165) is 0 Å². The van der Waals surface area contributed by atoms with Gasteiger partial charge in [0.25, 0.3) is 0 Å². The summed E-state index contributed by atoms with van der Waals surface area (Å²) in [4.78, 5) is 0. The maximum absolute atomic E-state index is 2.39. The van der Waals surface area contributed by atoms with Crippen LogP contribution in [0.5, 0.6) is 0 Å². The van der Waals surface area contributed by atoms with E-state index in [4.69, 9.17) is 0 Å². The summed E-state index contributed by atoms with van der Waals surface area (Å²) in [6, 6.07) is 0. The Kier molecular flexibility index (Phi) is 5.14. The van der Waals surface area contributed by atoms with Crippen molar-refractivity contribution < 1.29 is 0 Å². The zero-order valence-electron chi connectivity index (χ0n) is 6.78. The van der Waals surface area contributed by atoms with Gasteiger partial charge in [0.1, 0.15) is 0 Å². The van der Waals surface area contributed by atoms with E-state index in [2.05, 4.69) is 47.5 Å². The summed E-state index contributed by atoms with van der Waals surface area (Å²) in [5.41, 5.74) is 0. The summed E-state index contributed by atoms with van der Waals surface area (Å²) >= 11 is 0.454. The molecule has 0 atom stereocenters.